The highest BCUT2D eigenvalue weighted by atomic mass is 16.5. The maximum absolute atomic E-state index is 8.64. The lowest BCUT2D eigenvalue weighted by atomic mass is 10.0. The molecule has 1 saturated carbocycles. The van der Waals surface area contributed by atoms with E-state index in [-0.39, 0.29) is 0 Å². The van der Waals surface area contributed by atoms with Crippen LogP contribution in [0.4, 0.5) is 0 Å². The number of rotatable bonds is 8. The van der Waals surface area contributed by atoms with E-state index in [0.717, 1.165) is 26.3 Å². The zero-order valence-corrected chi connectivity index (χ0v) is 9.88. The summed E-state index contributed by atoms with van der Waals surface area (Å²) in [6.07, 6.45) is 3.12. The van der Waals surface area contributed by atoms with Crippen molar-refractivity contribution in [1.82, 2.24) is 5.32 Å². The van der Waals surface area contributed by atoms with Crippen LogP contribution in [0.1, 0.15) is 33.1 Å². The predicted molar refractivity (Wildman–Crippen MR) is 60.4 cm³/mol. The standard InChI is InChI=1S/C12H22N2O/c1-11(2)9-15-8-7-14-10-12(3-4-12)5-6-13/h11,14H,3-5,7-10H2,1-2H3. The van der Waals surface area contributed by atoms with Crippen molar-refractivity contribution in [3.8, 4) is 6.07 Å². The fourth-order valence-electron chi connectivity index (χ4n) is 1.58. The summed E-state index contributed by atoms with van der Waals surface area (Å²) in [5.74, 6) is 0.610. The number of nitriles is 1. The van der Waals surface area contributed by atoms with Crippen molar-refractivity contribution in [2.75, 3.05) is 26.3 Å². The molecule has 0 spiro atoms. The van der Waals surface area contributed by atoms with Crippen LogP contribution in [-0.2, 0) is 4.74 Å². The van der Waals surface area contributed by atoms with Crippen LogP contribution in [-0.4, -0.2) is 26.3 Å². The minimum absolute atomic E-state index is 0.312. The van der Waals surface area contributed by atoms with Crippen molar-refractivity contribution in [2.24, 2.45) is 11.3 Å². The van der Waals surface area contributed by atoms with Gasteiger partial charge in [-0.1, -0.05) is 13.8 Å². The summed E-state index contributed by atoms with van der Waals surface area (Å²) in [6.45, 7) is 7.80. The topological polar surface area (TPSA) is 45.0 Å². The highest BCUT2D eigenvalue weighted by Crippen LogP contribution is 2.47. The number of nitrogens with one attached hydrogen (secondary N) is 1. The van der Waals surface area contributed by atoms with Gasteiger partial charge in [0, 0.05) is 26.1 Å². The van der Waals surface area contributed by atoms with Gasteiger partial charge in [0.15, 0.2) is 0 Å². The summed E-state index contributed by atoms with van der Waals surface area (Å²) in [6, 6.07) is 2.27. The first-order valence-electron chi connectivity index (χ1n) is 5.84. The van der Waals surface area contributed by atoms with E-state index < -0.39 is 0 Å². The number of hydrogen-bond donors (Lipinski definition) is 1. The lowest BCUT2D eigenvalue weighted by molar-refractivity contribution is 0.111. The Hall–Kier alpha value is -0.590. The number of hydrogen-bond acceptors (Lipinski definition) is 3. The Kier molecular flexibility index (Phi) is 5.07. The molecule has 0 saturated heterocycles. The number of ether oxygens (including phenoxy) is 1. The van der Waals surface area contributed by atoms with Crippen molar-refractivity contribution in [1.29, 1.82) is 5.26 Å². The summed E-state index contributed by atoms with van der Waals surface area (Å²) < 4.78 is 5.46. The molecule has 1 aliphatic rings. The Bertz CT molecular complexity index is 216. The number of nitrogens with zero attached hydrogens (tertiary/aromatic N) is 1. The second-order valence-corrected chi connectivity index (χ2v) is 4.98. The van der Waals surface area contributed by atoms with E-state index in [9.17, 15) is 0 Å². The van der Waals surface area contributed by atoms with Crippen LogP contribution in [0, 0.1) is 22.7 Å². The van der Waals surface area contributed by atoms with E-state index in [1.165, 1.54) is 12.8 Å². The predicted octanol–water partition coefficient (Wildman–Crippen LogP) is 1.94. The molecule has 1 fully saturated rings. The normalized spacial score (nSPS) is 17.7. The van der Waals surface area contributed by atoms with Crippen molar-refractivity contribution in [3.63, 3.8) is 0 Å². The van der Waals surface area contributed by atoms with E-state index in [1.807, 2.05) is 0 Å². The molecule has 0 aliphatic heterocycles. The highest BCUT2D eigenvalue weighted by Gasteiger charge is 2.41. The van der Waals surface area contributed by atoms with Gasteiger partial charge in [-0.05, 0) is 24.2 Å². The van der Waals surface area contributed by atoms with E-state index in [4.69, 9.17) is 10.00 Å². The molecule has 86 valence electrons. The van der Waals surface area contributed by atoms with Crippen molar-refractivity contribution >= 4 is 0 Å². The molecule has 3 nitrogen and oxygen atoms in total. The molecule has 0 bridgehead atoms. The van der Waals surface area contributed by atoms with E-state index in [2.05, 4.69) is 25.2 Å². The second-order valence-electron chi connectivity index (χ2n) is 4.98. The first-order valence-corrected chi connectivity index (χ1v) is 5.84. The zero-order chi connectivity index (χ0) is 11.1. The maximum atomic E-state index is 8.64. The minimum Gasteiger partial charge on any atom is -0.380 e. The molecule has 3 heteroatoms. The van der Waals surface area contributed by atoms with Crippen LogP contribution in [0.15, 0.2) is 0 Å². The lowest BCUT2D eigenvalue weighted by Gasteiger charge is -2.12. The summed E-state index contributed by atoms with van der Waals surface area (Å²) in [5, 5.41) is 12.0. The zero-order valence-electron chi connectivity index (χ0n) is 9.88. The molecule has 0 aromatic heterocycles. The second kappa shape index (κ2) is 6.09. The first kappa shape index (κ1) is 12.5. The summed E-state index contributed by atoms with van der Waals surface area (Å²) >= 11 is 0. The highest BCUT2D eigenvalue weighted by molar-refractivity contribution is 5.00. The average molecular weight is 210 g/mol. The van der Waals surface area contributed by atoms with Gasteiger partial charge in [-0.25, -0.2) is 0 Å². The van der Waals surface area contributed by atoms with E-state index in [0.29, 0.717) is 17.8 Å². The SMILES string of the molecule is CC(C)COCCNCC1(CC#N)CC1. The maximum Gasteiger partial charge on any atom is 0.0628 e. The molecule has 0 atom stereocenters. The fraction of sp³-hybridized carbons (Fsp3) is 0.917. The molecule has 15 heavy (non-hydrogen) atoms. The molecule has 0 unspecified atom stereocenters. The third kappa shape index (κ3) is 5.15. The lowest BCUT2D eigenvalue weighted by Crippen LogP contribution is -2.27. The summed E-state index contributed by atoms with van der Waals surface area (Å²) in [7, 11) is 0. The molecule has 0 amide bonds. The smallest absolute Gasteiger partial charge is 0.0628 e. The summed E-state index contributed by atoms with van der Waals surface area (Å²) in [4.78, 5) is 0. The van der Waals surface area contributed by atoms with Crippen LogP contribution in [0.25, 0.3) is 0 Å². The molecule has 1 aliphatic carbocycles. The van der Waals surface area contributed by atoms with Crippen LogP contribution in [0.2, 0.25) is 0 Å². The van der Waals surface area contributed by atoms with E-state index in [1.54, 1.807) is 0 Å². The minimum atomic E-state index is 0.312. The largest absolute Gasteiger partial charge is 0.380 e. The van der Waals surface area contributed by atoms with Crippen LogP contribution in [0.5, 0.6) is 0 Å². The Labute approximate surface area is 92.8 Å². The first-order chi connectivity index (χ1) is 7.18. The van der Waals surface area contributed by atoms with Gasteiger partial charge < -0.3 is 10.1 Å². The Morgan fingerprint density at radius 1 is 1.47 bits per heavy atom. The molecule has 0 aromatic rings. The Morgan fingerprint density at radius 2 is 2.20 bits per heavy atom. The van der Waals surface area contributed by atoms with Crippen molar-refractivity contribution in [3.05, 3.63) is 0 Å². The average Bonchev–Trinajstić information content (AvgIpc) is 2.92. The van der Waals surface area contributed by atoms with Gasteiger partial charge in [-0.3, -0.25) is 0 Å². The van der Waals surface area contributed by atoms with Crippen LogP contribution in [0.3, 0.4) is 0 Å². The molecule has 1 N–H and O–H groups in total. The molecule has 1 rings (SSSR count). The molecular formula is C12H22N2O. The molecule has 0 heterocycles. The monoisotopic (exact) mass is 210 g/mol. The quantitative estimate of drug-likeness (QED) is 0.623. The van der Waals surface area contributed by atoms with Crippen molar-refractivity contribution in [2.45, 2.75) is 33.1 Å². The third-order valence-corrected chi connectivity index (χ3v) is 2.79. The Morgan fingerprint density at radius 3 is 2.73 bits per heavy atom. The van der Waals surface area contributed by atoms with Gasteiger partial charge in [0.2, 0.25) is 0 Å². The van der Waals surface area contributed by atoms with Gasteiger partial charge in [0.05, 0.1) is 12.7 Å². The van der Waals surface area contributed by atoms with E-state index >= 15 is 0 Å². The van der Waals surface area contributed by atoms with Gasteiger partial charge in [0.1, 0.15) is 0 Å². The Balaban J connectivity index is 1.91. The van der Waals surface area contributed by atoms with Gasteiger partial charge in [-0.2, -0.15) is 5.26 Å². The van der Waals surface area contributed by atoms with Crippen LogP contribution < -0.4 is 5.32 Å². The molecule has 0 radical (unpaired) electrons. The summed E-state index contributed by atoms with van der Waals surface area (Å²) in [5.41, 5.74) is 0.312. The van der Waals surface area contributed by atoms with Gasteiger partial charge in [0.25, 0.3) is 0 Å². The van der Waals surface area contributed by atoms with Gasteiger partial charge >= 0.3 is 0 Å². The molecular weight excluding hydrogens is 188 g/mol. The molecule has 0 aromatic carbocycles. The fourth-order valence-corrected chi connectivity index (χ4v) is 1.58. The van der Waals surface area contributed by atoms with Crippen molar-refractivity contribution < 1.29 is 4.74 Å². The third-order valence-electron chi connectivity index (χ3n) is 2.79. The van der Waals surface area contributed by atoms with Crippen LogP contribution >= 0.6 is 0 Å². The van der Waals surface area contributed by atoms with Gasteiger partial charge in [-0.15, -0.1) is 0 Å².